The van der Waals surface area contributed by atoms with E-state index in [1.807, 2.05) is 4.90 Å². The van der Waals surface area contributed by atoms with Crippen LogP contribution in [0.15, 0.2) is 12.1 Å². The highest BCUT2D eigenvalue weighted by atomic mass is 32.1. The van der Waals surface area contributed by atoms with Crippen molar-refractivity contribution in [2.24, 2.45) is 0 Å². The largest absolute Gasteiger partial charge is 0.493 e. The number of aromatic nitrogens is 2. The number of urea groups is 1. The zero-order valence-electron chi connectivity index (χ0n) is 18.3. The van der Waals surface area contributed by atoms with Gasteiger partial charge >= 0.3 is 6.03 Å². The summed E-state index contributed by atoms with van der Waals surface area (Å²) < 4.78 is 16.1. The fourth-order valence-electron chi connectivity index (χ4n) is 4.47. The van der Waals surface area contributed by atoms with Crippen molar-refractivity contribution in [3.63, 3.8) is 0 Å². The molecule has 1 saturated carbocycles. The number of rotatable bonds is 6. The van der Waals surface area contributed by atoms with Crippen LogP contribution in [0.1, 0.15) is 60.4 Å². The summed E-state index contributed by atoms with van der Waals surface area (Å²) in [6, 6.07) is 3.33. The molecule has 1 aliphatic heterocycles. The highest BCUT2D eigenvalue weighted by molar-refractivity contribution is 7.11. The molecule has 0 spiro atoms. The fourth-order valence-corrected chi connectivity index (χ4v) is 5.61. The highest BCUT2D eigenvalue weighted by Gasteiger charge is 2.29. The van der Waals surface area contributed by atoms with Gasteiger partial charge in [0.15, 0.2) is 11.5 Å². The van der Waals surface area contributed by atoms with Crippen LogP contribution in [0.25, 0.3) is 0 Å². The molecule has 31 heavy (non-hydrogen) atoms. The van der Waals surface area contributed by atoms with Gasteiger partial charge in [-0.25, -0.2) is 4.79 Å². The summed E-state index contributed by atoms with van der Waals surface area (Å²) in [6.45, 7) is 1.37. The van der Waals surface area contributed by atoms with Crippen molar-refractivity contribution in [1.29, 1.82) is 0 Å². The van der Waals surface area contributed by atoms with Crippen LogP contribution in [0.3, 0.4) is 0 Å². The van der Waals surface area contributed by atoms with E-state index in [4.69, 9.17) is 14.2 Å². The Morgan fingerprint density at radius 2 is 1.58 bits per heavy atom. The van der Waals surface area contributed by atoms with Gasteiger partial charge in [-0.3, -0.25) is 0 Å². The fraction of sp³-hybridized carbons (Fsp3) is 0.591. The minimum absolute atomic E-state index is 0.139. The molecule has 1 aromatic carbocycles. The molecule has 2 fully saturated rings. The Balaban J connectivity index is 1.43. The molecular weight excluding hydrogens is 416 g/mol. The number of nitrogens with one attached hydrogen (secondary N) is 1. The first-order valence-electron chi connectivity index (χ1n) is 10.8. The molecule has 1 unspecified atom stereocenters. The molecule has 2 aromatic rings. The van der Waals surface area contributed by atoms with E-state index in [9.17, 15) is 4.79 Å². The molecule has 0 bridgehead atoms. The maximum absolute atomic E-state index is 13.0. The van der Waals surface area contributed by atoms with Crippen LogP contribution in [-0.2, 0) is 0 Å². The molecule has 1 N–H and O–H groups in total. The van der Waals surface area contributed by atoms with E-state index in [1.54, 1.807) is 44.8 Å². The van der Waals surface area contributed by atoms with Crippen molar-refractivity contribution in [3.8, 4) is 17.2 Å². The number of anilines is 1. The minimum atomic E-state index is -0.139. The highest BCUT2D eigenvalue weighted by Crippen LogP contribution is 2.40. The van der Waals surface area contributed by atoms with Crippen molar-refractivity contribution >= 4 is 23.1 Å². The summed E-state index contributed by atoms with van der Waals surface area (Å²) in [4.78, 5) is 14.8. The first-order valence-corrected chi connectivity index (χ1v) is 11.6. The summed E-state index contributed by atoms with van der Waals surface area (Å²) >= 11 is 1.74. The molecule has 2 aliphatic rings. The van der Waals surface area contributed by atoms with Crippen molar-refractivity contribution in [2.75, 3.05) is 39.7 Å². The number of piperidine rings is 1. The van der Waals surface area contributed by atoms with Crippen LogP contribution in [0.5, 0.6) is 17.2 Å². The van der Waals surface area contributed by atoms with E-state index in [0.717, 1.165) is 24.4 Å². The normalized spacial score (nSPS) is 19.3. The number of carbonyl (C=O) groups excluding carboxylic acids is 1. The smallest absolute Gasteiger partial charge is 0.321 e. The van der Waals surface area contributed by atoms with Crippen LogP contribution in [0, 0.1) is 0 Å². The number of carbonyl (C=O) groups is 1. The van der Waals surface area contributed by atoms with Gasteiger partial charge in [0.1, 0.15) is 10.0 Å². The van der Waals surface area contributed by atoms with Gasteiger partial charge in [0, 0.05) is 37.1 Å². The number of benzene rings is 1. The number of amides is 2. The van der Waals surface area contributed by atoms with E-state index < -0.39 is 0 Å². The lowest BCUT2D eigenvalue weighted by atomic mass is 9.99. The Hall–Kier alpha value is -2.55. The van der Waals surface area contributed by atoms with E-state index in [2.05, 4.69) is 15.5 Å². The molecule has 168 valence electrons. The van der Waals surface area contributed by atoms with E-state index in [0.29, 0.717) is 35.4 Å². The van der Waals surface area contributed by atoms with Gasteiger partial charge in [-0.05, 0) is 25.7 Å². The number of hydrogen-bond donors (Lipinski definition) is 1. The van der Waals surface area contributed by atoms with Gasteiger partial charge in [0.25, 0.3) is 0 Å². The Morgan fingerprint density at radius 1 is 0.968 bits per heavy atom. The third kappa shape index (κ3) is 4.71. The van der Waals surface area contributed by atoms with E-state index in [1.165, 1.54) is 30.7 Å². The zero-order valence-corrected chi connectivity index (χ0v) is 19.2. The van der Waals surface area contributed by atoms with Crippen molar-refractivity contribution in [2.45, 2.75) is 50.4 Å². The SMILES string of the molecule is COc1cc(NC(=O)N2CCCC(c3nnc(C4CCCC4)s3)C2)cc(OC)c1OC. The number of ether oxygens (including phenoxy) is 3. The average Bonchev–Trinajstić information content (AvgIpc) is 3.50. The molecule has 4 rings (SSSR count). The molecular formula is C22H30N4O4S. The zero-order chi connectivity index (χ0) is 21.8. The quantitative estimate of drug-likeness (QED) is 0.696. The molecule has 1 aromatic heterocycles. The first kappa shape index (κ1) is 21.7. The molecule has 1 saturated heterocycles. The monoisotopic (exact) mass is 446 g/mol. The van der Waals surface area contributed by atoms with Gasteiger partial charge < -0.3 is 24.4 Å². The van der Waals surface area contributed by atoms with E-state index >= 15 is 0 Å². The second kappa shape index (κ2) is 9.72. The Morgan fingerprint density at radius 3 is 2.19 bits per heavy atom. The van der Waals surface area contributed by atoms with Crippen molar-refractivity contribution < 1.29 is 19.0 Å². The van der Waals surface area contributed by atoms with Crippen LogP contribution in [0.2, 0.25) is 0 Å². The van der Waals surface area contributed by atoms with Gasteiger partial charge in [0.2, 0.25) is 5.75 Å². The van der Waals surface area contributed by atoms with Crippen molar-refractivity contribution in [3.05, 3.63) is 22.1 Å². The Kier molecular flexibility index (Phi) is 6.80. The number of hydrogen-bond acceptors (Lipinski definition) is 7. The lowest BCUT2D eigenvalue weighted by Gasteiger charge is -2.31. The molecule has 2 heterocycles. The lowest BCUT2D eigenvalue weighted by Crippen LogP contribution is -2.41. The first-order chi connectivity index (χ1) is 15.1. The van der Waals surface area contributed by atoms with Gasteiger partial charge in [-0.1, -0.05) is 12.8 Å². The number of likely N-dealkylation sites (tertiary alicyclic amines) is 1. The topological polar surface area (TPSA) is 85.8 Å². The van der Waals surface area contributed by atoms with Gasteiger partial charge in [-0.2, -0.15) is 0 Å². The van der Waals surface area contributed by atoms with Crippen LogP contribution in [-0.4, -0.2) is 55.5 Å². The van der Waals surface area contributed by atoms with Crippen molar-refractivity contribution in [1.82, 2.24) is 15.1 Å². The Labute approximate surface area is 186 Å². The lowest BCUT2D eigenvalue weighted by molar-refractivity contribution is 0.192. The van der Waals surface area contributed by atoms with E-state index in [-0.39, 0.29) is 11.9 Å². The summed E-state index contributed by atoms with van der Waals surface area (Å²) in [5, 5.41) is 14.2. The maximum atomic E-state index is 13.0. The average molecular weight is 447 g/mol. The summed E-state index contributed by atoms with van der Waals surface area (Å²) in [7, 11) is 4.66. The second-order valence-corrected chi connectivity index (χ2v) is 9.13. The molecule has 0 radical (unpaired) electrons. The maximum Gasteiger partial charge on any atom is 0.321 e. The Bertz CT molecular complexity index is 888. The molecule has 1 aliphatic carbocycles. The molecule has 9 heteroatoms. The van der Waals surface area contributed by atoms with Gasteiger partial charge in [-0.15, -0.1) is 21.5 Å². The molecule has 8 nitrogen and oxygen atoms in total. The number of nitrogens with zero attached hydrogens (tertiary/aromatic N) is 3. The summed E-state index contributed by atoms with van der Waals surface area (Å²) in [5.74, 6) is 2.32. The molecule has 1 atom stereocenters. The summed E-state index contributed by atoms with van der Waals surface area (Å²) in [5.41, 5.74) is 0.598. The van der Waals surface area contributed by atoms with Crippen LogP contribution >= 0.6 is 11.3 Å². The molecule has 2 amide bonds. The van der Waals surface area contributed by atoms with Crippen LogP contribution < -0.4 is 19.5 Å². The van der Waals surface area contributed by atoms with Gasteiger partial charge in [0.05, 0.1) is 27.0 Å². The predicted octanol–water partition coefficient (Wildman–Crippen LogP) is 4.63. The predicted molar refractivity (Wildman–Crippen MR) is 120 cm³/mol. The third-order valence-electron chi connectivity index (χ3n) is 6.13. The third-order valence-corrected chi connectivity index (χ3v) is 7.38. The number of methoxy groups -OCH3 is 3. The standard InChI is InChI=1S/C22H30N4O4S/c1-28-17-11-16(12-18(29-2)19(17)30-3)23-22(27)26-10-6-9-15(13-26)21-25-24-20(31-21)14-7-4-5-8-14/h11-12,14-15H,4-10,13H2,1-3H3,(H,23,27). The van der Waals surface area contributed by atoms with Crippen LogP contribution in [0.4, 0.5) is 10.5 Å². The minimum Gasteiger partial charge on any atom is -0.493 e. The summed E-state index contributed by atoms with van der Waals surface area (Å²) in [6.07, 6.45) is 7.01. The second-order valence-electron chi connectivity index (χ2n) is 8.09.